The van der Waals surface area contributed by atoms with Gasteiger partial charge in [-0.25, -0.2) is 8.78 Å². The number of anilines is 2. The van der Waals surface area contributed by atoms with Crippen LogP contribution in [-0.2, 0) is 4.79 Å². The first-order valence-corrected chi connectivity index (χ1v) is 10.4. The summed E-state index contributed by atoms with van der Waals surface area (Å²) in [7, 11) is 2.95. The van der Waals surface area contributed by atoms with Crippen LogP contribution in [0, 0.1) is 11.6 Å². The largest absolute Gasteiger partial charge is 0.497 e. The molecule has 3 rings (SSSR count). The smallest absolute Gasteiger partial charge is 0.257 e. The fourth-order valence-corrected chi connectivity index (χ4v) is 3.88. The molecule has 0 aliphatic heterocycles. The van der Waals surface area contributed by atoms with Gasteiger partial charge in [-0.1, -0.05) is 23.1 Å². The van der Waals surface area contributed by atoms with Gasteiger partial charge in [-0.05, 0) is 24.3 Å². The Hall–Kier alpha value is -3.25. The predicted octanol–water partition coefficient (Wildman–Crippen LogP) is 3.82. The number of halogens is 2. The summed E-state index contributed by atoms with van der Waals surface area (Å²) >= 11 is 2.13. The van der Waals surface area contributed by atoms with Gasteiger partial charge in [0.2, 0.25) is 11.0 Å². The molecular formula is C19H16F2N4O4S2. The summed E-state index contributed by atoms with van der Waals surface area (Å²) in [6, 6.07) is 7.60. The first-order valence-electron chi connectivity index (χ1n) is 8.63. The van der Waals surface area contributed by atoms with E-state index in [0.29, 0.717) is 27.5 Å². The van der Waals surface area contributed by atoms with Crippen LogP contribution in [0.3, 0.4) is 0 Å². The van der Waals surface area contributed by atoms with E-state index >= 15 is 0 Å². The summed E-state index contributed by atoms with van der Waals surface area (Å²) in [5, 5.41) is 13.0. The Morgan fingerprint density at radius 1 is 1.03 bits per heavy atom. The standard InChI is InChI=1S/C19H16F2N4O4S2/c1-28-12-5-10(6-13(8-12)29-2)17(27)23-18-24-25-19(31-18)30-9-16(26)22-15-4-3-11(20)7-14(15)21/h3-8H,9H2,1-2H3,(H,22,26)(H,23,24,27). The third-order valence-electron chi connectivity index (χ3n) is 3.77. The lowest BCUT2D eigenvalue weighted by atomic mass is 10.2. The molecule has 0 spiro atoms. The van der Waals surface area contributed by atoms with Gasteiger partial charge in [-0.2, -0.15) is 0 Å². The van der Waals surface area contributed by atoms with Gasteiger partial charge in [0.05, 0.1) is 25.7 Å². The van der Waals surface area contributed by atoms with Gasteiger partial charge in [-0.3, -0.25) is 14.9 Å². The van der Waals surface area contributed by atoms with Crippen LogP contribution >= 0.6 is 23.1 Å². The second-order valence-electron chi connectivity index (χ2n) is 5.89. The van der Waals surface area contributed by atoms with Gasteiger partial charge in [-0.15, -0.1) is 10.2 Å². The average molecular weight is 466 g/mol. The summed E-state index contributed by atoms with van der Waals surface area (Å²) in [6.07, 6.45) is 0. The van der Waals surface area contributed by atoms with Gasteiger partial charge in [0, 0.05) is 17.7 Å². The van der Waals surface area contributed by atoms with E-state index in [1.807, 2.05) is 0 Å². The first kappa shape index (κ1) is 22.4. The van der Waals surface area contributed by atoms with Gasteiger partial charge < -0.3 is 14.8 Å². The molecule has 12 heteroatoms. The van der Waals surface area contributed by atoms with Crippen molar-refractivity contribution in [2.24, 2.45) is 0 Å². The van der Waals surface area contributed by atoms with E-state index < -0.39 is 23.4 Å². The Morgan fingerprint density at radius 3 is 2.39 bits per heavy atom. The molecule has 1 heterocycles. The van der Waals surface area contributed by atoms with E-state index in [1.165, 1.54) is 14.2 Å². The molecule has 162 valence electrons. The number of hydrogen-bond donors (Lipinski definition) is 2. The number of ether oxygens (including phenoxy) is 2. The number of carbonyl (C=O) groups excluding carboxylic acids is 2. The molecule has 8 nitrogen and oxygen atoms in total. The van der Waals surface area contributed by atoms with Crippen molar-refractivity contribution in [3.05, 3.63) is 53.6 Å². The molecule has 0 unspecified atom stereocenters. The number of nitrogens with one attached hydrogen (secondary N) is 2. The molecule has 0 saturated carbocycles. The van der Waals surface area contributed by atoms with Crippen LogP contribution in [0.25, 0.3) is 0 Å². The highest BCUT2D eigenvalue weighted by molar-refractivity contribution is 8.01. The molecule has 0 atom stereocenters. The molecule has 2 N–H and O–H groups in total. The fourth-order valence-electron chi connectivity index (χ4n) is 2.33. The number of benzene rings is 2. The van der Waals surface area contributed by atoms with E-state index in [2.05, 4.69) is 20.8 Å². The molecule has 3 aromatic rings. The van der Waals surface area contributed by atoms with Crippen molar-refractivity contribution in [1.82, 2.24) is 10.2 Å². The predicted molar refractivity (Wildman–Crippen MR) is 113 cm³/mol. The Bertz CT molecular complexity index is 1090. The fraction of sp³-hybridized carbons (Fsp3) is 0.158. The summed E-state index contributed by atoms with van der Waals surface area (Å²) in [4.78, 5) is 24.5. The number of thioether (sulfide) groups is 1. The number of amides is 2. The summed E-state index contributed by atoms with van der Waals surface area (Å²) in [5.41, 5.74) is 0.187. The van der Waals surface area contributed by atoms with Crippen LogP contribution in [0.4, 0.5) is 19.6 Å². The van der Waals surface area contributed by atoms with Crippen molar-refractivity contribution in [2.45, 2.75) is 4.34 Å². The van der Waals surface area contributed by atoms with Crippen molar-refractivity contribution in [2.75, 3.05) is 30.6 Å². The Labute approximate surface area is 184 Å². The number of nitrogens with zero attached hydrogens (tertiary/aromatic N) is 2. The molecule has 2 amide bonds. The molecule has 2 aromatic carbocycles. The minimum absolute atomic E-state index is 0.0769. The Balaban J connectivity index is 1.56. The molecule has 31 heavy (non-hydrogen) atoms. The maximum atomic E-state index is 13.6. The van der Waals surface area contributed by atoms with Crippen LogP contribution in [0.15, 0.2) is 40.7 Å². The van der Waals surface area contributed by atoms with Crippen molar-refractivity contribution in [3.63, 3.8) is 0 Å². The lowest BCUT2D eigenvalue weighted by Gasteiger charge is -2.07. The summed E-state index contributed by atoms with van der Waals surface area (Å²) in [5.74, 6) is -1.70. The molecule has 0 saturated heterocycles. The molecule has 0 bridgehead atoms. The van der Waals surface area contributed by atoms with Crippen LogP contribution in [0.5, 0.6) is 11.5 Å². The minimum Gasteiger partial charge on any atom is -0.497 e. The number of carbonyl (C=O) groups is 2. The molecule has 0 aliphatic carbocycles. The highest BCUT2D eigenvalue weighted by atomic mass is 32.2. The second kappa shape index (κ2) is 10.2. The highest BCUT2D eigenvalue weighted by Crippen LogP contribution is 2.27. The molecule has 0 radical (unpaired) electrons. The monoisotopic (exact) mass is 466 g/mol. The zero-order valence-electron chi connectivity index (χ0n) is 16.3. The number of aromatic nitrogens is 2. The van der Waals surface area contributed by atoms with Crippen LogP contribution in [-0.4, -0.2) is 42.0 Å². The maximum Gasteiger partial charge on any atom is 0.257 e. The van der Waals surface area contributed by atoms with Crippen molar-refractivity contribution in [1.29, 1.82) is 0 Å². The third-order valence-corrected chi connectivity index (χ3v) is 5.74. The average Bonchev–Trinajstić information content (AvgIpc) is 3.21. The maximum absolute atomic E-state index is 13.6. The minimum atomic E-state index is -0.867. The topological polar surface area (TPSA) is 102 Å². The zero-order chi connectivity index (χ0) is 22.4. The quantitative estimate of drug-likeness (QED) is 0.384. The van der Waals surface area contributed by atoms with E-state index in [4.69, 9.17) is 9.47 Å². The summed E-state index contributed by atoms with van der Waals surface area (Å²) in [6.45, 7) is 0. The van der Waals surface area contributed by atoms with Crippen LogP contribution < -0.4 is 20.1 Å². The van der Waals surface area contributed by atoms with Crippen molar-refractivity contribution in [3.8, 4) is 11.5 Å². The molecule has 0 aliphatic rings. The van der Waals surface area contributed by atoms with E-state index in [1.54, 1.807) is 18.2 Å². The number of hydrogen-bond acceptors (Lipinski definition) is 8. The van der Waals surface area contributed by atoms with Gasteiger partial charge in [0.25, 0.3) is 5.91 Å². The lowest BCUT2D eigenvalue weighted by molar-refractivity contribution is -0.113. The van der Waals surface area contributed by atoms with Crippen molar-refractivity contribution < 1.29 is 27.8 Å². The molecule has 1 aromatic heterocycles. The SMILES string of the molecule is COc1cc(OC)cc(C(=O)Nc2nnc(SCC(=O)Nc3ccc(F)cc3F)s2)c1. The first-order chi connectivity index (χ1) is 14.9. The molecular weight excluding hydrogens is 450 g/mol. The van der Waals surface area contributed by atoms with Crippen LogP contribution in [0.1, 0.15) is 10.4 Å². The third kappa shape index (κ3) is 6.12. The normalized spacial score (nSPS) is 10.5. The number of methoxy groups -OCH3 is 2. The van der Waals surface area contributed by atoms with E-state index in [0.717, 1.165) is 35.2 Å². The van der Waals surface area contributed by atoms with Gasteiger partial charge in [0.1, 0.15) is 23.1 Å². The Morgan fingerprint density at radius 2 is 1.74 bits per heavy atom. The van der Waals surface area contributed by atoms with Crippen LogP contribution in [0.2, 0.25) is 0 Å². The summed E-state index contributed by atoms with van der Waals surface area (Å²) < 4.78 is 37.2. The van der Waals surface area contributed by atoms with Gasteiger partial charge in [0.15, 0.2) is 4.34 Å². The second-order valence-corrected chi connectivity index (χ2v) is 8.09. The highest BCUT2D eigenvalue weighted by Gasteiger charge is 2.15. The zero-order valence-corrected chi connectivity index (χ0v) is 17.9. The van der Waals surface area contributed by atoms with E-state index in [9.17, 15) is 18.4 Å². The Kier molecular flexibility index (Phi) is 7.36. The van der Waals surface area contributed by atoms with Crippen molar-refractivity contribution >= 4 is 45.7 Å². The van der Waals surface area contributed by atoms with Gasteiger partial charge >= 0.3 is 0 Å². The van der Waals surface area contributed by atoms with E-state index in [-0.39, 0.29) is 16.6 Å². The lowest BCUT2D eigenvalue weighted by Crippen LogP contribution is -2.15. The molecule has 0 fully saturated rings. The number of rotatable bonds is 8.